The maximum atomic E-state index is 13.3. The van der Waals surface area contributed by atoms with Crippen LogP contribution in [0.5, 0.6) is 0 Å². The van der Waals surface area contributed by atoms with Gasteiger partial charge in [0.25, 0.3) is 17.7 Å². The van der Waals surface area contributed by atoms with Crippen LogP contribution in [0.25, 0.3) is 0 Å². The number of amides is 3. The van der Waals surface area contributed by atoms with E-state index in [0.29, 0.717) is 60.0 Å². The first-order valence-corrected chi connectivity index (χ1v) is 11.8. The summed E-state index contributed by atoms with van der Waals surface area (Å²) in [6.45, 7) is 2.24. The van der Waals surface area contributed by atoms with Crippen LogP contribution in [0.2, 0.25) is 5.02 Å². The first-order valence-electron chi connectivity index (χ1n) is 11.5. The van der Waals surface area contributed by atoms with Crippen molar-refractivity contribution < 1.29 is 18.8 Å². The van der Waals surface area contributed by atoms with E-state index >= 15 is 0 Å². The summed E-state index contributed by atoms with van der Waals surface area (Å²) in [5.74, 6) is -1.08. The molecule has 6 nitrogen and oxygen atoms in total. The summed E-state index contributed by atoms with van der Waals surface area (Å²) in [6, 6.07) is 18.3. The van der Waals surface area contributed by atoms with Gasteiger partial charge < -0.3 is 9.80 Å². The Labute approximate surface area is 207 Å². The molecule has 0 N–H and O–H groups in total. The number of nitrogens with zero attached hydrogens (tertiary/aromatic N) is 3. The van der Waals surface area contributed by atoms with Crippen LogP contribution in [-0.4, -0.2) is 60.2 Å². The first-order chi connectivity index (χ1) is 16.9. The average molecular weight is 492 g/mol. The van der Waals surface area contributed by atoms with Gasteiger partial charge in [-0.25, -0.2) is 4.39 Å². The summed E-state index contributed by atoms with van der Waals surface area (Å²) in [4.78, 5) is 44.2. The summed E-state index contributed by atoms with van der Waals surface area (Å²) in [7, 11) is 0. The molecule has 2 heterocycles. The number of carbonyl (C=O) groups excluding carboxylic acids is 3. The lowest BCUT2D eigenvalue weighted by atomic mass is 10.1. The van der Waals surface area contributed by atoms with Gasteiger partial charge in [-0.2, -0.15) is 0 Å². The van der Waals surface area contributed by atoms with E-state index in [9.17, 15) is 18.8 Å². The van der Waals surface area contributed by atoms with Gasteiger partial charge in [-0.3, -0.25) is 19.3 Å². The molecule has 0 bridgehead atoms. The van der Waals surface area contributed by atoms with Crippen molar-refractivity contribution in [3.8, 4) is 0 Å². The highest BCUT2D eigenvalue weighted by atomic mass is 35.5. The third-order valence-electron chi connectivity index (χ3n) is 6.53. The van der Waals surface area contributed by atoms with Crippen molar-refractivity contribution in [2.45, 2.75) is 6.42 Å². The molecule has 3 aromatic carbocycles. The fourth-order valence-electron chi connectivity index (χ4n) is 4.63. The zero-order valence-electron chi connectivity index (χ0n) is 18.9. The molecule has 0 radical (unpaired) electrons. The Balaban J connectivity index is 1.29. The quantitative estimate of drug-likeness (QED) is 0.500. The van der Waals surface area contributed by atoms with Crippen molar-refractivity contribution in [3.05, 3.63) is 99.8 Å². The van der Waals surface area contributed by atoms with Gasteiger partial charge in [0.15, 0.2) is 0 Å². The largest absolute Gasteiger partial charge is 0.367 e. The third kappa shape index (κ3) is 4.39. The van der Waals surface area contributed by atoms with E-state index in [-0.39, 0.29) is 30.1 Å². The molecule has 5 rings (SSSR count). The maximum Gasteiger partial charge on any atom is 0.263 e. The predicted molar refractivity (Wildman–Crippen MR) is 131 cm³/mol. The summed E-state index contributed by atoms with van der Waals surface area (Å²) in [6.07, 6.45) is 0.448. The molecule has 3 amide bonds. The number of fused-ring (bicyclic) bond motifs is 1. The van der Waals surface area contributed by atoms with Crippen LogP contribution in [0, 0.1) is 5.82 Å². The Morgan fingerprint density at radius 3 is 2.29 bits per heavy atom. The van der Waals surface area contributed by atoms with Gasteiger partial charge in [-0.1, -0.05) is 41.9 Å². The zero-order valence-corrected chi connectivity index (χ0v) is 19.7. The van der Waals surface area contributed by atoms with Crippen molar-refractivity contribution >= 4 is 35.0 Å². The molecule has 1 fully saturated rings. The minimum atomic E-state index is -0.326. The lowest BCUT2D eigenvalue weighted by Gasteiger charge is -2.36. The van der Waals surface area contributed by atoms with Gasteiger partial charge in [0.05, 0.1) is 27.4 Å². The van der Waals surface area contributed by atoms with Crippen LogP contribution in [0.15, 0.2) is 66.7 Å². The Kier molecular flexibility index (Phi) is 6.26. The van der Waals surface area contributed by atoms with Gasteiger partial charge in [0.2, 0.25) is 0 Å². The van der Waals surface area contributed by atoms with Crippen molar-refractivity contribution in [2.75, 3.05) is 37.6 Å². The monoisotopic (exact) mass is 491 g/mol. The maximum absolute atomic E-state index is 13.3. The van der Waals surface area contributed by atoms with Crippen LogP contribution < -0.4 is 4.90 Å². The van der Waals surface area contributed by atoms with Crippen LogP contribution in [0.4, 0.5) is 10.1 Å². The molecule has 1 saturated heterocycles. The van der Waals surface area contributed by atoms with Crippen LogP contribution in [0.3, 0.4) is 0 Å². The molecule has 0 atom stereocenters. The van der Waals surface area contributed by atoms with Crippen LogP contribution in [0.1, 0.15) is 36.6 Å². The molecule has 35 heavy (non-hydrogen) atoms. The summed E-state index contributed by atoms with van der Waals surface area (Å²) < 4.78 is 13.2. The van der Waals surface area contributed by atoms with Gasteiger partial charge >= 0.3 is 0 Å². The SMILES string of the molecule is O=C(c1ccccc1Cl)N1CCN(c2cccc3c2C(=O)N(CCc2ccc(F)cc2)C3=O)CC1. The first kappa shape index (κ1) is 23.1. The van der Waals surface area contributed by atoms with Crippen LogP contribution >= 0.6 is 11.6 Å². The van der Waals surface area contributed by atoms with Crippen molar-refractivity contribution in [2.24, 2.45) is 0 Å². The molecule has 2 aliphatic rings. The highest BCUT2D eigenvalue weighted by Crippen LogP contribution is 2.32. The van der Waals surface area contributed by atoms with Crippen molar-refractivity contribution in [1.29, 1.82) is 0 Å². The van der Waals surface area contributed by atoms with Gasteiger partial charge in [-0.15, -0.1) is 0 Å². The van der Waals surface area contributed by atoms with Crippen molar-refractivity contribution in [1.82, 2.24) is 9.80 Å². The second kappa shape index (κ2) is 9.50. The second-order valence-electron chi connectivity index (χ2n) is 8.60. The number of anilines is 1. The lowest BCUT2D eigenvalue weighted by Crippen LogP contribution is -2.49. The molecular formula is C27H23ClFN3O3. The van der Waals surface area contributed by atoms with Gasteiger partial charge in [-0.05, 0) is 48.4 Å². The fourth-order valence-corrected chi connectivity index (χ4v) is 4.85. The number of piperazine rings is 1. The molecule has 0 spiro atoms. The molecule has 178 valence electrons. The number of benzene rings is 3. The van der Waals surface area contributed by atoms with E-state index < -0.39 is 0 Å². The van der Waals surface area contributed by atoms with E-state index in [4.69, 9.17) is 11.6 Å². The van der Waals surface area contributed by atoms with E-state index in [1.165, 1.54) is 17.0 Å². The fraction of sp³-hybridized carbons (Fsp3) is 0.222. The average Bonchev–Trinajstić information content (AvgIpc) is 3.13. The van der Waals surface area contributed by atoms with Gasteiger partial charge in [0.1, 0.15) is 5.82 Å². The Bertz CT molecular complexity index is 1300. The highest BCUT2D eigenvalue weighted by molar-refractivity contribution is 6.33. The Morgan fingerprint density at radius 2 is 1.57 bits per heavy atom. The Morgan fingerprint density at radius 1 is 0.857 bits per heavy atom. The summed E-state index contributed by atoms with van der Waals surface area (Å²) in [5.41, 5.74) is 2.82. The molecule has 3 aromatic rings. The van der Waals surface area contributed by atoms with E-state index in [1.807, 2.05) is 11.0 Å². The van der Waals surface area contributed by atoms with Gasteiger partial charge in [0, 0.05) is 32.7 Å². The molecule has 2 aliphatic heterocycles. The number of imide groups is 1. The zero-order chi connectivity index (χ0) is 24.5. The minimum Gasteiger partial charge on any atom is -0.367 e. The molecule has 0 unspecified atom stereocenters. The van der Waals surface area contributed by atoms with Crippen LogP contribution in [-0.2, 0) is 6.42 Å². The Hall–Kier alpha value is -3.71. The second-order valence-corrected chi connectivity index (χ2v) is 9.00. The van der Waals surface area contributed by atoms with E-state index in [2.05, 4.69) is 0 Å². The normalized spacial score (nSPS) is 15.5. The number of hydrogen-bond donors (Lipinski definition) is 0. The number of hydrogen-bond acceptors (Lipinski definition) is 4. The summed E-state index contributed by atoms with van der Waals surface area (Å²) >= 11 is 6.19. The molecular weight excluding hydrogens is 469 g/mol. The molecule has 0 aromatic heterocycles. The number of rotatable bonds is 5. The third-order valence-corrected chi connectivity index (χ3v) is 6.86. The molecule has 0 aliphatic carbocycles. The minimum absolute atomic E-state index is 0.119. The predicted octanol–water partition coefficient (Wildman–Crippen LogP) is 4.28. The number of carbonyl (C=O) groups is 3. The molecule has 0 saturated carbocycles. The smallest absolute Gasteiger partial charge is 0.263 e. The van der Waals surface area contributed by atoms with E-state index in [0.717, 1.165) is 5.56 Å². The lowest BCUT2D eigenvalue weighted by molar-refractivity contribution is 0.0654. The number of halogens is 2. The highest BCUT2D eigenvalue weighted by Gasteiger charge is 2.38. The van der Waals surface area contributed by atoms with Crippen molar-refractivity contribution in [3.63, 3.8) is 0 Å². The molecule has 8 heteroatoms. The van der Waals surface area contributed by atoms with E-state index in [1.54, 1.807) is 53.4 Å². The summed E-state index contributed by atoms with van der Waals surface area (Å²) in [5, 5.41) is 0.422. The topological polar surface area (TPSA) is 60.9 Å². The standard InChI is InChI=1S/C27H23ClFN3O3/c28-22-6-2-1-4-20(22)25(33)31-16-14-30(15-17-31)23-7-3-5-21-24(23)27(35)32(26(21)34)13-12-18-8-10-19(29)11-9-18/h1-11H,12-17H2.